The van der Waals surface area contributed by atoms with Crippen molar-refractivity contribution in [3.8, 4) is 0 Å². The van der Waals surface area contributed by atoms with Crippen LogP contribution in [0.5, 0.6) is 0 Å². The highest BCUT2D eigenvalue weighted by Crippen LogP contribution is 2.24. The van der Waals surface area contributed by atoms with E-state index in [2.05, 4.69) is 6.92 Å². The normalized spacial score (nSPS) is 24.0. The number of hydrogen-bond donors (Lipinski definition) is 0. The topological polar surface area (TPSA) is 44.8 Å². The number of rotatable bonds is 14. The van der Waals surface area contributed by atoms with Crippen molar-refractivity contribution in [3.63, 3.8) is 0 Å². The molecule has 0 bridgehead atoms. The van der Waals surface area contributed by atoms with Gasteiger partial charge in [-0.1, -0.05) is 39.0 Å². The van der Waals surface area contributed by atoms with Gasteiger partial charge in [0, 0.05) is 19.6 Å². The second-order valence-electron chi connectivity index (χ2n) is 8.05. The Bertz CT molecular complexity index is 339. The number of unbranched alkanes of at least 4 members (excludes halogenated alkanes) is 5. The number of esters is 1. The Morgan fingerprint density at radius 1 is 0.923 bits per heavy atom. The van der Waals surface area contributed by atoms with Gasteiger partial charge < -0.3 is 14.2 Å². The maximum atomic E-state index is 12.2. The van der Waals surface area contributed by atoms with E-state index >= 15 is 0 Å². The van der Waals surface area contributed by atoms with Crippen molar-refractivity contribution in [1.29, 1.82) is 0 Å². The smallest absolute Gasteiger partial charge is 0.306 e. The molecule has 0 aromatic rings. The van der Waals surface area contributed by atoms with Crippen LogP contribution in [0, 0.1) is 0 Å². The van der Waals surface area contributed by atoms with Gasteiger partial charge in [-0.25, -0.2) is 0 Å². The maximum Gasteiger partial charge on any atom is 0.306 e. The molecule has 0 aliphatic carbocycles. The summed E-state index contributed by atoms with van der Waals surface area (Å²) in [6.45, 7) is 4.01. The fourth-order valence-electron chi connectivity index (χ4n) is 4.04. The highest BCUT2D eigenvalue weighted by Gasteiger charge is 2.23. The minimum Gasteiger partial charge on any atom is -0.462 e. The molecule has 2 fully saturated rings. The molecule has 0 spiro atoms. The van der Waals surface area contributed by atoms with Crippen molar-refractivity contribution < 1.29 is 19.0 Å². The van der Waals surface area contributed by atoms with E-state index in [-0.39, 0.29) is 12.1 Å². The van der Waals surface area contributed by atoms with Gasteiger partial charge in [-0.2, -0.15) is 0 Å². The Morgan fingerprint density at radius 3 is 2.04 bits per heavy atom. The predicted molar refractivity (Wildman–Crippen MR) is 104 cm³/mol. The van der Waals surface area contributed by atoms with Gasteiger partial charge in [0.25, 0.3) is 0 Å². The Morgan fingerprint density at radius 2 is 1.50 bits per heavy atom. The summed E-state index contributed by atoms with van der Waals surface area (Å²) in [5.74, 6) is -0.00910. The number of ether oxygens (including phenoxy) is 3. The zero-order chi connectivity index (χ0) is 18.5. The lowest BCUT2D eigenvalue weighted by Gasteiger charge is -2.21. The van der Waals surface area contributed by atoms with Crippen LogP contribution in [-0.2, 0) is 19.0 Å². The molecule has 2 heterocycles. The lowest BCUT2D eigenvalue weighted by molar-refractivity contribution is -0.150. The number of carbonyl (C=O) groups is 1. The first-order chi connectivity index (χ1) is 12.8. The van der Waals surface area contributed by atoms with Gasteiger partial charge in [0.1, 0.15) is 6.10 Å². The average Bonchev–Trinajstić information content (AvgIpc) is 3.34. The largest absolute Gasteiger partial charge is 0.462 e. The third kappa shape index (κ3) is 9.36. The van der Waals surface area contributed by atoms with Gasteiger partial charge in [-0.05, 0) is 57.8 Å². The molecule has 2 aliphatic rings. The third-order valence-corrected chi connectivity index (χ3v) is 5.70. The molecule has 0 radical (unpaired) electrons. The monoisotopic (exact) mass is 368 g/mol. The first-order valence-electron chi connectivity index (χ1n) is 11.2. The van der Waals surface area contributed by atoms with E-state index in [4.69, 9.17) is 14.2 Å². The molecule has 1 unspecified atom stereocenters. The molecule has 2 rings (SSSR count). The van der Waals surface area contributed by atoms with Crippen LogP contribution < -0.4 is 0 Å². The first-order valence-corrected chi connectivity index (χ1v) is 11.2. The quantitative estimate of drug-likeness (QED) is 0.297. The first kappa shape index (κ1) is 21.7. The van der Waals surface area contributed by atoms with Gasteiger partial charge in [-0.3, -0.25) is 4.79 Å². The fourth-order valence-corrected chi connectivity index (χ4v) is 4.04. The van der Waals surface area contributed by atoms with E-state index in [1.807, 2.05) is 0 Å². The van der Waals surface area contributed by atoms with Crippen LogP contribution in [0.25, 0.3) is 0 Å². The maximum absolute atomic E-state index is 12.2. The summed E-state index contributed by atoms with van der Waals surface area (Å²) in [6.07, 6.45) is 17.1. The highest BCUT2D eigenvalue weighted by molar-refractivity contribution is 5.69. The van der Waals surface area contributed by atoms with E-state index in [1.54, 1.807) is 0 Å². The van der Waals surface area contributed by atoms with E-state index in [9.17, 15) is 4.79 Å². The lowest BCUT2D eigenvalue weighted by Crippen LogP contribution is -2.22. The Balaban J connectivity index is 1.64. The fraction of sp³-hybridized carbons (Fsp3) is 0.955. The van der Waals surface area contributed by atoms with Gasteiger partial charge in [0.2, 0.25) is 0 Å². The zero-order valence-electron chi connectivity index (χ0n) is 16.9. The lowest BCUT2D eigenvalue weighted by atomic mass is 10.0. The van der Waals surface area contributed by atoms with Crippen molar-refractivity contribution in [1.82, 2.24) is 0 Å². The van der Waals surface area contributed by atoms with Crippen molar-refractivity contribution in [3.05, 3.63) is 0 Å². The van der Waals surface area contributed by atoms with Gasteiger partial charge >= 0.3 is 5.97 Å². The zero-order valence-corrected chi connectivity index (χ0v) is 16.9. The molecule has 26 heavy (non-hydrogen) atoms. The Kier molecular flexibility index (Phi) is 11.3. The summed E-state index contributed by atoms with van der Waals surface area (Å²) in [4.78, 5) is 12.2. The molecule has 0 saturated carbocycles. The van der Waals surface area contributed by atoms with Crippen molar-refractivity contribution in [2.24, 2.45) is 0 Å². The predicted octanol–water partition coefficient (Wildman–Crippen LogP) is 5.57. The summed E-state index contributed by atoms with van der Waals surface area (Å²) < 4.78 is 17.3. The molecule has 0 aromatic carbocycles. The van der Waals surface area contributed by atoms with Crippen LogP contribution in [0.1, 0.15) is 103 Å². The summed E-state index contributed by atoms with van der Waals surface area (Å²) in [7, 11) is 0. The van der Waals surface area contributed by atoms with Crippen LogP contribution in [0.4, 0.5) is 0 Å². The molecule has 3 atom stereocenters. The summed E-state index contributed by atoms with van der Waals surface area (Å²) in [5, 5.41) is 0. The second kappa shape index (κ2) is 13.5. The van der Waals surface area contributed by atoms with Crippen molar-refractivity contribution >= 4 is 5.97 Å². The van der Waals surface area contributed by atoms with Crippen LogP contribution in [0.3, 0.4) is 0 Å². The molecular formula is C22H40O4. The SMILES string of the molecule is CCCCCCCCC(=O)OC(CC[C@H]1CCCO1)CC[C@@H]1CCCO1. The average molecular weight is 369 g/mol. The van der Waals surface area contributed by atoms with Crippen LogP contribution in [-0.4, -0.2) is 37.5 Å². The minimum atomic E-state index is -0.00910. The standard InChI is InChI=1S/C22H40O4/c1-2-3-4-5-6-7-12-22(23)26-21(15-13-19-10-8-17-24-19)16-14-20-11-9-18-25-20/h19-21H,2-18H2,1H3/t19-,20+,21?. The van der Waals surface area contributed by atoms with Crippen molar-refractivity contribution in [2.45, 2.75) is 122 Å². The molecule has 0 N–H and O–H groups in total. The minimum absolute atomic E-state index is 0.00910. The summed E-state index contributed by atoms with van der Waals surface area (Å²) in [5.41, 5.74) is 0. The van der Waals surface area contributed by atoms with E-state index < -0.39 is 0 Å². The van der Waals surface area contributed by atoms with E-state index in [0.29, 0.717) is 18.6 Å². The molecular weight excluding hydrogens is 328 g/mol. The highest BCUT2D eigenvalue weighted by atomic mass is 16.5. The Labute approximate surface area is 160 Å². The van der Waals surface area contributed by atoms with Gasteiger partial charge in [0.05, 0.1) is 12.2 Å². The molecule has 0 amide bonds. The number of hydrogen-bond acceptors (Lipinski definition) is 4. The molecule has 2 aliphatic heterocycles. The van der Waals surface area contributed by atoms with Gasteiger partial charge in [-0.15, -0.1) is 0 Å². The van der Waals surface area contributed by atoms with E-state index in [1.165, 1.54) is 38.5 Å². The third-order valence-electron chi connectivity index (χ3n) is 5.70. The molecule has 4 nitrogen and oxygen atoms in total. The van der Waals surface area contributed by atoms with Gasteiger partial charge in [0.15, 0.2) is 0 Å². The molecule has 0 aromatic heterocycles. The Hall–Kier alpha value is -0.610. The van der Waals surface area contributed by atoms with Crippen molar-refractivity contribution in [2.75, 3.05) is 13.2 Å². The van der Waals surface area contributed by atoms with E-state index in [0.717, 1.165) is 64.6 Å². The number of carbonyl (C=O) groups excluding carboxylic acids is 1. The molecule has 2 saturated heterocycles. The second-order valence-corrected chi connectivity index (χ2v) is 8.05. The summed E-state index contributed by atoms with van der Waals surface area (Å²) in [6, 6.07) is 0. The van der Waals surface area contributed by atoms with Crippen LogP contribution >= 0.6 is 0 Å². The molecule has 152 valence electrons. The van der Waals surface area contributed by atoms with Crippen LogP contribution in [0.2, 0.25) is 0 Å². The van der Waals surface area contributed by atoms with Crippen LogP contribution in [0.15, 0.2) is 0 Å². The molecule has 4 heteroatoms. The summed E-state index contributed by atoms with van der Waals surface area (Å²) >= 11 is 0.